The van der Waals surface area contributed by atoms with Crippen LogP contribution in [0, 0.1) is 0 Å². The predicted octanol–water partition coefficient (Wildman–Crippen LogP) is 4.06. The average molecular weight is 292 g/mol. The zero-order chi connectivity index (χ0) is 11.3. The van der Waals surface area contributed by atoms with Gasteiger partial charge in [0, 0.05) is 4.47 Å². The van der Waals surface area contributed by atoms with Crippen LogP contribution in [0.1, 0.15) is 30.1 Å². The maximum atomic E-state index is 11.6. The monoisotopic (exact) mass is 290 g/mol. The molecule has 1 rings (SSSR count). The van der Waals surface area contributed by atoms with E-state index in [0.717, 1.165) is 12.8 Å². The van der Waals surface area contributed by atoms with Crippen LogP contribution in [-0.4, -0.2) is 12.6 Å². The van der Waals surface area contributed by atoms with E-state index in [4.69, 9.17) is 16.3 Å². The van der Waals surface area contributed by atoms with Crippen LogP contribution in [0.15, 0.2) is 22.7 Å². The van der Waals surface area contributed by atoms with Gasteiger partial charge in [0.2, 0.25) is 0 Å². The Balaban J connectivity index is 2.69. The van der Waals surface area contributed by atoms with Gasteiger partial charge in [-0.1, -0.05) is 31.0 Å². The fraction of sp³-hybridized carbons (Fsp3) is 0.364. The highest BCUT2D eigenvalue weighted by Gasteiger charge is 2.12. The lowest BCUT2D eigenvalue weighted by Crippen LogP contribution is -2.07. The lowest BCUT2D eigenvalue weighted by molar-refractivity contribution is 0.0500. The molecule has 1 aromatic carbocycles. The molecule has 0 saturated carbocycles. The summed E-state index contributed by atoms with van der Waals surface area (Å²) in [6, 6.07) is 5.19. The van der Waals surface area contributed by atoms with Crippen LogP contribution in [0.25, 0.3) is 0 Å². The van der Waals surface area contributed by atoms with E-state index in [1.807, 2.05) is 6.92 Å². The summed E-state index contributed by atoms with van der Waals surface area (Å²) in [6.07, 6.45) is 1.87. The van der Waals surface area contributed by atoms with Gasteiger partial charge in [0.15, 0.2) is 0 Å². The van der Waals surface area contributed by atoms with Crippen molar-refractivity contribution >= 4 is 33.5 Å². The first-order valence-corrected chi connectivity index (χ1v) is 5.95. The molecule has 0 saturated heterocycles. The van der Waals surface area contributed by atoms with Crippen molar-refractivity contribution < 1.29 is 9.53 Å². The summed E-state index contributed by atoms with van der Waals surface area (Å²) in [5.41, 5.74) is 0.405. The zero-order valence-corrected chi connectivity index (χ0v) is 10.8. The Hall–Kier alpha value is -0.540. The molecule has 2 nitrogen and oxygen atoms in total. The Kier molecular flexibility index (Phi) is 5.12. The Morgan fingerprint density at radius 3 is 2.93 bits per heavy atom. The molecule has 0 aliphatic heterocycles. The number of carbonyl (C=O) groups excluding carboxylic acids is 1. The third-order valence-electron chi connectivity index (χ3n) is 1.90. The number of halogens is 2. The maximum Gasteiger partial charge on any atom is 0.339 e. The summed E-state index contributed by atoms with van der Waals surface area (Å²) in [5, 5.41) is 0.402. The summed E-state index contributed by atoms with van der Waals surface area (Å²) in [5.74, 6) is -0.366. The minimum absolute atomic E-state index is 0.366. The first kappa shape index (κ1) is 12.5. The minimum Gasteiger partial charge on any atom is -0.462 e. The third-order valence-corrected chi connectivity index (χ3v) is 3.20. The molecule has 0 heterocycles. The number of rotatable bonds is 4. The van der Waals surface area contributed by atoms with E-state index in [2.05, 4.69) is 15.9 Å². The van der Waals surface area contributed by atoms with Crippen molar-refractivity contribution in [2.45, 2.75) is 19.8 Å². The molecule has 0 aliphatic carbocycles. The smallest absolute Gasteiger partial charge is 0.339 e. The number of ether oxygens (including phenoxy) is 1. The molecule has 0 unspecified atom stereocenters. The number of hydrogen-bond donors (Lipinski definition) is 0. The van der Waals surface area contributed by atoms with Crippen LogP contribution in [-0.2, 0) is 4.74 Å². The molecule has 0 spiro atoms. The van der Waals surface area contributed by atoms with Crippen molar-refractivity contribution in [3.63, 3.8) is 0 Å². The first-order chi connectivity index (χ1) is 7.16. The number of hydrogen-bond acceptors (Lipinski definition) is 2. The molecule has 1 aromatic rings. The Morgan fingerprint density at radius 2 is 2.27 bits per heavy atom. The molecule has 0 N–H and O–H groups in total. The van der Waals surface area contributed by atoms with E-state index in [0.29, 0.717) is 21.7 Å². The van der Waals surface area contributed by atoms with Gasteiger partial charge < -0.3 is 4.74 Å². The van der Waals surface area contributed by atoms with Gasteiger partial charge in [-0.15, -0.1) is 0 Å². The lowest BCUT2D eigenvalue weighted by Gasteiger charge is -2.06. The lowest BCUT2D eigenvalue weighted by atomic mass is 10.2. The average Bonchev–Trinajstić information content (AvgIpc) is 2.22. The highest BCUT2D eigenvalue weighted by Crippen LogP contribution is 2.26. The third kappa shape index (κ3) is 3.50. The van der Waals surface area contributed by atoms with Crippen LogP contribution < -0.4 is 0 Å². The van der Waals surface area contributed by atoms with Gasteiger partial charge >= 0.3 is 5.97 Å². The number of carbonyl (C=O) groups is 1. The number of esters is 1. The fourth-order valence-electron chi connectivity index (χ4n) is 1.05. The van der Waals surface area contributed by atoms with Crippen LogP contribution >= 0.6 is 27.5 Å². The van der Waals surface area contributed by atoms with E-state index in [9.17, 15) is 4.79 Å². The second-order valence-electron chi connectivity index (χ2n) is 3.09. The minimum atomic E-state index is -0.366. The summed E-state index contributed by atoms with van der Waals surface area (Å²) >= 11 is 9.21. The van der Waals surface area contributed by atoms with Crippen molar-refractivity contribution in [2.24, 2.45) is 0 Å². The number of unbranched alkanes of at least 4 members (excludes halogenated alkanes) is 1. The van der Waals surface area contributed by atoms with Gasteiger partial charge in [-0.05, 0) is 34.5 Å². The molecule has 0 radical (unpaired) electrons. The Bertz CT molecular complexity index is 352. The van der Waals surface area contributed by atoms with Crippen molar-refractivity contribution in [1.82, 2.24) is 0 Å². The highest BCUT2D eigenvalue weighted by molar-refractivity contribution is 9.10. The molecular formula is C11H12BrClO2. The van der Waals surface area contributed by atoms with Crippen LogP contribution in [0.5, 0.6) is 0 Å². The standard InChI is InChI=1S/C11H12BrClO2/c1-2-3-7-15-11(14)8-5-4-6-9(12)10(8)13/h4-6H,2-3,7H2,1H3. The van der Waals surface area contributed by atoms with Crippen molar-refractivity contribution in [3.05, 3.63) is 33.3 Å². The predicted molar refractivity (Wildman–Crippen MR) is 64.3 cm³/mol. The fourth-order valence-corrected chi connectivity index (χ4v) is 1.62. The summed E-state index contributed by atoms with van der Waals surface area (Å²) in [7, 11) is 0. The van der Waals surface area contributed by atoms with Crippen molar-refractivity contribution in [2.75, 3.05) is 6.61 Å². The van der Waals surface area contributed by atoms with Gasteiger partial charge in [-0.2, -0.15) is 0 Å². The Morgan fingerprint density at radius 1 is 1.53 bits per heavy atom. The summed E-state index contributed by atoms with van der Waals surface area (Å²) < 4.78 is 5.76. The van der Waals surface area contributed by atoms with Crippen LogP contribution in [0.4, 0.5) is 0 Å². The van der Waals surface area contributed by atoms with Crippen molar-refractivity contribution in [1.29, 1.82) is 0 Å². The molecule has 15 heavy (non-hydrogen) atoms. The molecule has 0 aromatic heterocycles. The van der Waals surface area contributed by atoms with Crippen LogP contribution in [0.2, 0.25) is 5.02 Å². The van der Waals surface area contributed by atoms with E-state index >= 15 is 0 Å². The highest BCUT2D eigenvalue weighted by atomic mass is 79.9. The van der Waals surface area contributed by atoms with Gasteiger partial charge in [0.05, 0.1) is 17.2 Å². The largest absolute Gasteiger partial charge is 0.462 e. The van der Waals surface area contributed by atoms with E-state index < -0.39 is 0 Å². The molecule has 4 heteroatoms. The second-order valence-corrected chi connectivity index (χ2v) is 4.32. The topological polar surface area (TPSA) is 26.3 Å². The quantitative estimate of drug-likeness (QED) is 0.618. The zero-order valence-electron chi connectivity index (χ0n) is 8.43. The second kappa shape index (κ2) is 6.13. The van der Waals surface area contributed by atoms with E-state index in [1.165, 1.54) is 0 Å². The molecule has 0 bridgehead atoms. The molecule has 82 valence electrons. The van der Waals surface area contributed by atoms with Gasteiger partial charge in [-0.3, -0.25) is 0 Å². The maximum absolute atomic E-state index is 11.6. The van der Waals surface area contributed by atoms with Gasteiger partial charge in [-0.25, -0.2) is 4.79 Å². The Labute approximate surface area is 103 Å². The summed E-state index contributed by atoms with van der Waals surface area (Å²) in [6.45, 7) is 2.48. The van der Waals surface area contributed by atoms with Gasteiger partial charge in [0.25, 0.3) is 0 Å². The molecule has 0 amide bonds. The molecular weight excluding hydrogens is 279 g/mol. The number of benzene rings is 1. The molecule has 0 atom stereocenters. The van der Waals surface area contributed by atoms with Gasteiger partial charge in [0.1, 0.15) is 0 Å². The van der Waals surface area contributed by atoms with E-state index in [-0.39, 0.29) is 5.97 Å². The normalized spacial score (nSPS) is 10.1. The first-order valence-electron chi connectivity index (χ1n) is 4.78. The van der Waals surface area contributed by atoms with Crippen LogP contribution in [0.3, 0.4) is 0 Å². The SMILES string of the molecule is CCCCOC(=O)c1cccc(Br)c1Cl. The van der Waals surface area contributed by atoms with Crippen molar-refractivity contribution in [3.8, 4) is 0 Å². The van der Waals surface area contributed by atoms with E-state index in [1.54, 1.807) is 18.2 Å². The molecule has 0 aliphatic rings. The summed E-state index contributed by atoms with van der Waals surface area (Å²) in [4.78, 5) is 11.6. The molecule has 0 fully saturated rings.